The average molecular weight is 245 g/mol. The Labute approximate surface area is 107 Å². The van der Waals surface area contributed by atoms with Gasteiger partial charge in [-0.15, -0.1) is 5.10 Å². The van der Waals surface area contributed by atoms with E-state index in [1.165, 1.54) is 0 Å². The second-order valence-electron chi connectivity index (χ2n) is 4.70. The van der Waals surface area contributed by atoms with Crippen LogP contribution in [0, 0.1) is 5.92 Å². The highest BCUT2D eigenvalue weighted by Gasteiger charge is 2.18. The van der Waals surface area contributed by atoms with E-state index in [9.17, 15) is 0 Å². The summed E-state index contributed by atoms with van der Waals surface area (Å²) in [5.41, 5.74) is 7.42. The first kappa shape index (κ1) is 12.5. The molecule has 5 nitrogen and oxygen atoms in total. The van der Waals surface area contributed by atoms with Crippen molar-refractivity contribution in [2.45, 2.75) is 33.2 Å². The molecule has 0 amide bonds. The highest BCUT2D eigenvalue weighted by atomic mass is 15.5. The van der Waals surface area contributed by atoms with Crippen molar-refractivity contribution in [3.63, 3.8) is 0 Å². The Kier molecular flexibility index (Phi) is 3.60. The number of aromatic nitrogens is 4. The molecule has 0 fully saturated rings. The topological polar surface area (TPSA) is 69.6 Å². The van der Waals surface area contributed by atoms with E-state index in [1.807, 2.05) is 28.9 Å². The van der Waals surface area contributed by atoms with Gasteiger partial charge < -0.3 is 5.73 Å². The van der Waals surface area contributed by atoms with E-state index in [-0.39, 0.29) is 6.04 Å². The number of hydrogen-bond donors (Lipinski definition) is 1. The predicted molar refractivity (Wildman–Crippen MR) is 71.8 cm³/mol. The second-order valence-corrected chi connectivity index (χ2v) is 4.70. The third kappa shape index (κ3) is 2.34. The maximum atomic E-state index is 5.69. The summed E-state index contributed by atoms with van der Waals surface area (Å²) in [5, 5.41) is 12.0. The summed E-state index contributed by atoms with van der Waals surface area (Å²) in [6.45, 7) is 6.53. The third-order valence-corrected chi connectivity index (χ3v) is 3.51. The molecule has 1 aromatic heterocycles. The Morgan fingerprint density at radius 1 is 1.22 bits per heavy atom. The van der Waals surface area contributed by atoms with Gasteiger partial charge in [-0.1, -0.05) is 20.3 Å². The third-order valence-electron chi connectivity index (χ3n) is 3.51. The molecule has 0 bridgehead atoms. The summed E-state index contributed by atoms with van der Waals surface area (Å²) in [7, 11) is 0. The number of nitrogens with zero attached hydrogens (tertiary/aromatic N) is 4. The number of anilines is 1. The zero-order valence-electron chi connectivity index (χ0n) is 11.0. The number of nitrogen functional groups attached to an aromatic ring is 1. The minimum atomic E-state index is 0.276. The lowest BCUT2D eigenvalue weighted by Gasteiger charge is -2.19. The molecular formula is C13H19N5. The lowest BCUT2D eigenvalue weighted by molar-refractivity contribution is 0.340. The first-order valence-electron chi connectivity index (χ1n) is 6.27. The maximum Gasteiger partial charge on any atom is 0.182 e. The summed E-state index contributed by atoms with van der Waals surface area (Å²) >= 11 is 0. The van der Waals surface area contributed by atoms with Gasteiger partial charge in [-0.3, -0.25) is 0 Å². The molecule has 18 heavy (non-hydrogen) atoms. The van der Waals surface area contributed by atoms with E-state index < -0.39 is 0 Å². The van der Waals surface area contributed by atoms with E-state index >= 15 is 0 Å². The molecule has 0 radical (unpaired) electrons. The van der Waals surface area contributed by atoms with Crippen LogP contribution >= 0.6 is 0 Å². The molecule has 2 aromatic rings. The molecule has 5 heteroatoms. The predicted octanol–water partition coefficient (Wildman–Crippen LogP) is 2.53. The molecule has 2 unspecified atom stereocenters. The lowest BCUT2D eigenvalue weighted by Crippen LogP contribution is -2.16. The minimum Gasteiger partial charge on any atom is -0.399 e. The van der Waals surface area contributed by atoms with Gasteiger partial charge in [-0.05, 0) is 47.5 Å². The molecule has 0 aliphatic rings. The quantitative estimate of drug-likeness (QED) is 0.840. The summed E-state index contributed by atoms with van der Waals surface area (Å²) < 4.78 is 1.89. The van der Waals surface area contributed by atoms with E-state index in [4.69, 9.17) is 5.73 Å². The summed E-state index contributed by atoms with van der Waals surface area (Å²) in [5.74, 6) is 1.32. The van der Waals surface area contributed by atoms with Crippen LogP contribution in [0.2, 0.25) is 0 Å². The SMILES string of the molecule is CCC(C)C(C)n1nnnc1-c1ccc(N)cc1. The van der Waals surface area contributed by atoms with Crippen molar-refractivity contribution in [3.05, 3.63) is 24.3 Å². The highest BCUT2D eigenvalue weighted by Crippen LogP contribution is 2.25. The Morgan fingerprint density at radius 3 is 2.50 bits per heavy atom. The van der Waals surface area contributed by atoms with E-state index in [0.29, 0.717) is 5.92 Å². The van der Waals surface area contributed by atoms with E-state index in [2.05, 4.69) is 36.3 Å². The summed E-state index contributed by atoms with van der Waals surface area (Å²) in [6, 6.07) is 7.89. The molecule has 1 aromatic carbocycles. The number of rotatable bonds is 4. The van der Waals surface area contributed by atoms with Crippen molar-refractivity contribution in [3.8, 4) is 11.4 Å². The summed E-state index contributed by atoms with van der Waals surface area (Å²) in [6.07, 6.45) is 1.10. The van der Waals surface area contributed by atoms with E-state index in [0.717, 1.165) is 23.5 Å². The van der Waals surface area contributed by atoms with Gasteiger partial charge in [0.05, 0.1) is 6.04 Å². The van der Waals surface area contributed by atoms with E-state index in [1.54, 1.807) is 0 Å². The van der Waals surface area contributed by atoms with Crippen molar-refractivity contribution in [2.24, 2.45) is 5.92 Å². The molecule has 0 aliphatic heterocycles. The first-order valence-corrected chi connectivity index (χ1v) is 6.27. The Morgan fingerprint density at radius 2 is 1.89 bits per heavy atom. The highest BCUT2D eigenvalue weighted by molar-refractivity contribution is 5.58. The van der Waals surface area contributed by atoms with Gasteiger partial charge in [0, 0.05) is 11.3 Å². The van der Waals surface area contributed by atoms with Crippen LogP contribution in [0.3, 0.4) is 0 Å². The molecule has 2 rings (SSSR count). The number of nitrogens with two attached hydrogens (primary N) is 1. The van der Waals surface area contributed by atoms with Gasteiger partial charge in [0.1, 0.15) is 0 Å². The molecule has 96 valence electrons. The van der Waals surface area contributed by atoms with Crippen molar-refractivity contribution >= 4 is 5.69 Å². The van der Waals surface area contributed by atoms with Gasteiger partial charge in [-0.25, -0.2) is 4.68 Å². The van der Waals surface area contributed by atoms with Crippen LogP contribution in [0.15, 0.2) is 24.3 Å². The number of hydrogen-bond acceptors (Lipinski definition) is 4. The molecule has 0 saturated carbocycles. The van der Waals surface area contributed by atoms with Crippen LogP contribution in [0.25, 0.3) is 11.4 Å². The maximum absolute atomic E-state index is 5.69. The zero-order valence-corrected chi connectivity index (χ0v) is 11.0. The fraction of sp³-hybridized carbons (Fsp3) is 0.462. The monoisotopic (exact) mass is 245 g/mol. The van der Waals surface area contributed by atoms with Gasteiger partial charge in [0.25, 0.3) is 0 Å². The van der Waals surface area contributed by atoms with Crippen LogP contribution in [-0.4, -0.2) is 20.2 Å². The van der Waals surface area contributed by atoms with Crippen LogP contribution in [0.4, 0.5) is 5.69 Å². The minimum absolute atomic E-state index is 0.276. The first-order chi connectivity index (χ1) is 8.63. The largest absolute Gasteiger partial charge is 0.399 e. The number of tetrazole rings is 1. The molecule has 1 heterocycles. The standard InChI is InChI=1S/C13H19N5/c1-4-9(2)10(3)18-13(15-16-17-18)11-5-7-12(14)8-6-11/h5-10H,4,14H2,1-3H3. The van der Waals surface area contributed by atoms with Gasteiger partial charge in [-0.2, -0.15) is 0 Å². The molecule has 2 N–H and O–H groups in total. The number of benzene rings is 1. The lowest BCUT2D eigenvalue weighted by atomic mass is 10.0. The molecular weight excluding hydrogens is 226 g/mol. The van der Waals surface area contributed by atoms with Crippen molar-refractivity contribution < 1.29 is 0 Å². The molecule has 0 saturated heterocycles. The fourth-order valence-corrected chi connectivity index (χ4v) is 1.87. The van der Waals surface area contributed by atoms with Crippen LogP contribution < -0.4 is 5.73 Å². The van der Waals surface area contributed by atoms with Gasteiger partial charge >= 0.3 is 0 Å². The summed E-state index contributed by atoms with van der Waals surface area (Å²) in [4.78, 5) is 0. The fourth-order valence-electron chi connectivity index (χ4n) is 1.87. The Bertz CT molecular complexity index is 502. The molecule has 0 aliphatic carbocycles. The van der Waals surface area contributed by atoms with Crippen molar-refractivity contribution in [1.82, 2.24) is 20.2 Å². The Hall–Kier alpha value is -1.91. The Balaban J connectivity index is 2.35. The average Bonchev–Trinajstić information content (AvgIpc) is 2.87. The molecule has 0 spiro atoms. The van der Waals surface area contributed by atoms with Gasteiger partial charge in [0.15, 0.2) is 5.82 Å². The molecule has 2 atom stereocenters. The second kappa shape index (κ2) is 5.16. The van der Waals surface area contributed by atoms with Crippen LogP contribution in [-0.2, 0) is 0 Å². The smallest absolute Gasteiger partial charge is 0.182 e. The van der Waals surface area contributed by atoms with Gasteiger partial charge in [0.2, 0.25) is 0 Å². The normalized spacial score (nSPS) is 14.4. The van der Waals surface area contributed by atoms with Crippen molar-refractivity contribution in [2.75, 3.05) is 5.73 Å². The van der Waals surface area contributed by atoms with Crippen LogP contribution in [0.5, 0.6) is 0 Å². The zero-order chi connectivity index (χ0) is 13.1. The van der Waals surface area contributed by atoms with Crippen molar-refractivity contribution in [1.29, 1.82) is 0 Å². The van der Waals surface area contributed by atoms with Crippen LogP contribution in [0.1, 0.15) is 33.2 Å².